The fourth-order valence-electron chi connectivity index (χ4n) is 1.70. The molecule has 2 aromatic rings. The first kappa shape index (κ1) is 13.3. The number of hydrogen-bond donors (Lipinski definition) is 1. The van der Waals surface area contributed by atoms with Gasteiger partial charge in [0.05, 0.1) is 6.61 Å². The van der Waals surface area contributed by atoms with Crippen LogP contribution in [0.25, 0.3) is 11.4 Å². The summed E-state index contributed by atoms with van der Waals surface area (Å²) in [7, 11) is 0. The van der Waals surface area contributed by atoms with Crippen molar-refractivity contribution in [1.29, 1.82) is 0 Å². The molecule has 0 bridgehead atoms. The van der Waals surface area contributed by atoms with E-state index < -0.39 is 0 Å². The highest BCUT2D eigenvalue weighted by Crippen LogP contribution is 2.22. The molecule has 0 radical (unpaired) electrons. The molecule has 100 valence electrons. The summed E-state index contributed by atoms with van der Waals surface area (Å²) < 4.78 is 5.55. The van der Waals surface area contributed by atoms with Gasteiger partial charge < -0.3 is 10.5 Å². The molecule has 19 heavy (non-hydrogen) atoms. The highest BCUT2D eigenvalue weighted by Gasteiger charge is 2.07. The molecule has 0 aliphatic heterocycles. The summed E-state index contributed by atoms with van der Waals surface area (Å²) in [4.78, 5) is 8.79. The number of ether oxygens (including phenoxy) is 1. The third-order valence-electron chi connectivity index (χ3n) is 3.01. The number of rotatable bonds is 4. The predicted octanol–water partition coefficient (Wildman–Crippen LogP) is 3.13. The standard InChI is InChI=1S/C15H19N3O/c1-4-9-19-13-7-5-12(6-8-13)15-17-11(3)10(2)14(16)18-15/h5-8H,4,9H2,1-3H3,(H2,16,17,18). The lowest BCUT2D eigenvalue weighted by Crippen LogP contribution is -2.02. The quantitative estimate of drug-likeness (QED) is 0.914. The number of aromatic nitrogens is 2. The van der Waals surface area contributed by atoms with Gasteiger partial charge in [-0.15, -0.1) is 0 Å². The number of hydrogen-bond acceptors (Lipinski definition) is 4. The molecule has 0 atom stereocenters. The van der Waals surface area contributed by atoms with Crippen LogP contribution >= 0.6 is 0 Å². The Morgan fingerprint density at radius 1 is 1.11 bits per heavy atom. The van der Waals surface area contributed by atoms with Crippen LogP contribution in [0.3, 0.4) is 0 Å². The average Bonchev–Trinajstić information content (AvgIpc) is 2.42. The van der Waals surface area contributed by atoms with Crippen LogP contribution in [0.2, 0.25) is 0 Å². The fraction of sp³-hybridized carbons (Fsp3) is 0.333. The van der Waals surface area contributed by atoms with Gasteiger partial charge in [0.25, 0.3) is 0 Å². The third-order valence-corrected chi connectivity index (χ3v) is 3.01. The maximum Gasteiger partial charge on any atom is 0.161 e. The van der Waals surface area contributed by atoms with Crippen molar-refractivity contribution in [1.82, 2.24) is 9.97 Å². The first-order valence-electron chi connectivity index (χ1n) is 6.45. The normalized spacial score (nSPS) is 10.5. The fourth-order valence-corrected chi connectivity index (χ4v) is 1.70. The van der Waals surface area contributed by atoms with Crippen molar-refractivity contribution >= 4 is 5.82 Å². The lowest BCUT2D eigenvalue weighted by molar-refractivity contribution is 0.317. The van der Waals surface area contributed by atoms with Gasteiger partial charge in [-0.2, -0.15) is 0 Å². The Labute approximate surface area is 113 Å². The van der Waals surface area contributed by atoms with E-state index in [0.717, 1.165) is 35.6 Å². The Morgan fingerprint density at radius 2 is 1.79 bits per heavy atom. The van der Waals surface area contributed by atoms with Crippen LogP contribution in [-0.2, 0) is 0 Å². The van der Waals surface area contributed by atoms with Crippen molar-refractivity contribution < 1.29 is 4.74 Å². The lowest BCUT2D eigenvalue weighted by Gasteiger charge is -2.08. The van der Waals surface area contributed by atoms with Gasteiger partial charge in [-0.3, -0.25) is 0 Å². The molecule has 0 saturated carbocycles. The van der Waals surface area contributed by atoms with E-state index in [1.165, 1.54) is 0 Å². The van der Waals surface area contributed by atoms with E-state index in [2.05, 4.69) is 16.9 Å². The molecule has 2 N–H and O–H groups in total. The van der Waals surface area contributed by atoms with Gasteiger partial charge >= 0.3 is 0 Å². The highest BCUT2D eigenvalue weighted by molar-refractivity contribution is 5.59. The van der Waals surface area contributed by atoms with E-state index >= 15 is 0 Å². The first-order valence-corrected chi connectivity index (χ1v) is 6.45. The zero-order chi connectivity index (χ0) is 13.8. The van der Waals surface area contributed by atoms with E-state index in [9.17, 15) is 0 Å². The Hall–Kier alpha value is -2.10. The zero-order valence-corrected chi connectivity index (χ0v) is 11.6. The van der Waals surface area contributed by atoms with Crippen LogP contribution < -0.4 is 10.5 Å². The number of nitrogens with two attached hydrogens (primary N) is 1. The zero-order valence-electron chi connectivity index (χ0n) is 11.6. The summed E-state index contributed by atoms with van der Waals surface area (Å²) in [5.74, 6) is 2.05. The minimum Gasteiger partial charge on any atom is -0.494 e. The van der Waals surface area contributed by atoms with Crippen LogP contribution in [-0.4, -0.2) is 16.6 Å². The van der Waals surface area contributed by atoms with Crippen LogP contribution in [0.4, 0.5) is 5.82 Å². The number of nitrogens with zero attached hydrogens (tertiary/aromatic N) is 2. The first-order chi connectivity index (χ1) is 9.11. The van der Waals surface area contributed by atoms with Crippen molar-refractivity contribution in [2.24, 2.45) is 0 Å². The molecule has 0 spiro atoms. The topological polar surface area (TPSA) is 61.0 Å². The summed E-state index contributed by atoms with van der Waals surface area (Å²) in [6.07, 6.45) is 0.999. The maximum atomic E-state index is 5.88. The Kier molecular flexibility index (Phi) is 4.00. The average molecular weight is 257 g/mol. The molecule has 4 nitrogen and oxygen atoms in total. The van der Waals surface area contributed by atoms with E-state index in [1.54, 1.807) is 0 Å². The number of benzene rings is 1. The minimum atomic E-state index is 0.536. The molecule has 0 aliphatic rings. The monoisotopic (exact) mass is 257 g/mol. The van der Waals surface area contributed by atoms with Crippen LogP contribution in [0.15, 0.2) is 24.3 Å². The van der Waals surface area contributed by atoms with Crippen LogP contribution in [0.1, 0.15) is 24.6 Å². The second-order valence-electron chi connectivity index (χ2n) is 4.52. The van der Waals surface area contributed by atoms with Crippen LogP contribution in [0, 0.1) is 13.8 Å². The van der Waals surface area contributed by atoms with Crippen molar-refractivity contribution in [2.75, 3.05) is 12.3 Å². The van der Waals surface area contributed by atoms with Gasteiger partial charge in [0.15, 0.2) is 5.82 Å². The Morgan fingerprint density at radius 3 is 2.37 bits per heavy atom. The van der Waals surface area contributed by atoms with Gasteiger partial charge in [0.1, 0.15) is 11.6 Å². The van der Waals surface area contributed by atoms with Gasteiger partial charge in [0.2, 0.25) is 0 Å². The number of anilines is 1. The molecule has 1 aromatic carbocycles. The van der Waals surface area contributed by atoms with Crippen LogP contribution in [0.5, 0.6) is 5.75 Å². The molecular formula is C15H19N3O. The van der Waals surface area contributed by atoms with Gasteiger partial charge in [-0.05, 0) is 44.5 Å². The number of nitrogen functional groups attached to an aromatic ring is 1. The molecule has 0 aliphatic carbocycles. The summed E-state index contributed by atoms with van der Waals surface area (Å²) in [5.41, 5.74) is 8.67. The lowest BCUT2D eigenvalue weighted by atomic mass is 10.2. The molecule has 1 aromatic heterocycles. The smallest absolute Gasteiger partial charge is 0.161 e. The number of aryl methyl sites for hydroxylation is 1. The van der Waals surface area contributed by atoms with Crippen molar-refractivity contribution in [3.05, 3.63) is 35.5 Å². The molecule has 0 amide bonds. The second kappa shape index (κ2) is 5.69. The molecule has 4 heteroatoms. The van der Waals surface area contributed by atoms with E-state index in [4.69, 9.17) is 10.5 Å². The third kappa shape index (κ3) is 3.02. The molecule has 0 saturated heterocycles. The molecule has 0 fully saturated rings. The van der Waals surface area contributed by atoms with E-state index in [-0.39, 0.29) is 0 Å². The van der Waals surface area contributed by atoms with Gasteiger partial charge in [-0.25, -0.2) is 9.97 Å². The van der Waals surface area contributed by atoms with Crippen molar-refractivity contribution in [2.45, 2.75) is 27.2 Å². The Bertz CT molecular complexity index is 541. The van der Waals surface area contributed by atoms with E-state index in [1.807, 2.05) is 38.1 Å². The van der Waals surface area contributed by atoms with Gasteiger partial charge in [0, 0.05) is 16.8 Å². The Balaban J connectivity index is 2.27. The SMILES string of the molecule is CCCOc1ccc(-c2nc(C)c(C)c(N)n2)cc1. The largest absolute Gasteiger partial charge is 0.494 e. The highest BCUT2D eigenvalue weighted by atomic mass is 16.5. The van der Waals surface area contributed by atoms with Crippen molar-refractivity contribution in [3.8, 4) is 17.1 Å². The molecule has 2 rings (SSSR count). The van der Waals surface area contributed by atoms with E-state index in [0.29, 0.717) is 11.6 Å². The second-order valence-corrected chi connectivity index (χ2v) is 4.52. The minimum absolute atomic E-state index is 0.536. The summed E-state index contributed by atoms with van der Waals surface area (Å²) in [6, 6.07) is 7.77. The maximum absolute atomic E-state index is 5.88. The predicted molar refractivity (Wildman–Crippen MR) is 77.1 cm³/mol. The van der Waals surface area contributed by atoms with Gasteiger partial charge in [-0.1, -0.05) is 6.92 Å². The van der Waals surface area contributed by atoms with Crippen molar-refractivity contribution in [3.63, 3.8) is 0 Å². The summed E-state index contributed by atoms with van der Waals surface area (Å²) in [5, 5.41) is 0. The molecule has 1 heterocycles. The molecule has 0 unspecified atom stereocenters. The molecular weight excluding hydrogens is 238 g/mol. The summed E-state index contributed by atoms with van der Waals surface area (Å²) in [6.45, 7) is 6.68. The summed E-state index contributed by atoms with van der Waals surface area (Å²) >= 11 is 0.